The van der Waals surface area contributed by atoms with Crippen molar-refractivity contribution in [2.75, 3.05) is 5.73 Å². The van der Waals surface area contributed by atoms with Gasteiger partial charge in [-0.05, 0) is 0 Å². The maximum Gasteiger partial charge on any atom is 0.0717 e. The van der Waals surface area contributed by atoms with Gasteiger partial charge < -0.3 is 5.73 Å². The minimum Gasteiger partial charge on any atom is -0.396 e. The van der Waals surface area contributed by atoms with E-state index in [2.05, 4.69) is 10.2 Å². The van der Waals surface area contributed by atoms with Crippen molar-refractivity contribution in [2.45, 2.75) is 7.43 Å². The van der Waals surface area contributed by atoms with Gasteiger partial charge in [0, 0.05) is 6.20 Å². The minimum absolute atomic E-state index is 0. The first-order valence-electron chi connectivity index (χ1n) is 1.64. The average Bonchev–Trinajstić information content (AvgIpc) is 1.86. The molecule has 0 aliphatic heterocycles. The second-order valence-electron chi connectivity index (χ2n) is 1.03. The molecular weight excluding hydrogens is 90.1 g/mol. The Bertz CT molecular complexity index is 110. The van der Waals surface area contributed by atoms with E-state index in [1.54, 1.807) is 12.4 Å². The summed E-state index contributed by atoms with van der Waals surface area (Å²) in [5.74, 6) is 0. The van der Waals surface area contributed by atoms with E-state index in [1.165, 1.54) is 0 Å². The Morgan fingerprint density at radius 3 is 2.57 bits per heavy atom. The van der Waals surface area contributed by atoms with Gasteiger partial charge in [0.05, 0.1) is 11.9 Å². The third kappa shape index (κ3) is 1.26. The molecular formula is C4H9N3. The van der Waals surface area contributed by atoms with E-state index in [0.29, 0.717) is 5.69 Å². The monoisotopic (exact) mass is 99.1 g/mol. The number of rotatable bonds is 0. The van der Waals surface area contributed by atoms with E-state index in [9.17, 15) is 0 Å². The van der Waals surface area contributed by atoms with Crippen molar-refractivity contribution in [2.24, 2.45) is 0 Å². The number of hydrogen-bond acceptors (Lipinski definition) is 2. The molecule has 0 saturated heterocycles. The van der Waals surface area contributed by atoms with Gasteiger partial charge in [-0.1, -0.05) is 7.43 Å². The standard InChI is InChI=1S/C3H5N3.CH4/c4-3-1-5-6-2-3;/h1-2H,4H2,(H,5,6);1H4. The lowest BCUT2D eigenvalue weighted by molar-refractivity contribution is 1.09. The Balaban J connectivity index is 0.000000360. The van der Waals surface area contributed by atoms with E-state index < -0.39 is 0 Å². The van der Waals surface area contributed by atoms with E-state index in [1.807, 2.05) is 0 Å². The fourth-order valence-electron chi connectivity index (χ4n) is 0.261. The van der Waals surface area contributed by atoms with Gasteiger partial charge in [0.2, 0.25) is 0 Å². The topological polar surface area (TPSA) is 54.7 Å². The molecule has 0 spiro atoms. The highest BCUT2D eigenvalue weighted by Gasteiger charge is 1.74. The Hall–Kier alpha value is -0.990. The quantitative estimate of drug-likeness (QED) is 0.501. The van der Waals surface area contributed by atoms with Crippen LogP contribution in [-0.4, -0.2) is 10.2 Å². The molecule has 3 heteroatoms. The van der Waals surface area contributed by atoms with Crippen LogP contribution in [0.5, 0.6) is 0 Å². The number of nitrogens with two attached hydrogens (primary N) is 1. The lowest BCUT2D eigenvalue weighted by Gasteiger charge is -1.66. The molecule has 0 fully saturated rings. The minimum atomic E-state index is 0. The van der Waals surface area contributed by atoms with Crippen LogP contribution in [0.2, 0.25) is 0 Å². The number of aromatic nitrogens is 2. The first kappa shape index (κ1) is 6.01. The van der Waals surface area contributed by atoms with Crippen LogP contribution in [0.4, 0.5) is 5.69 Å². The van der Waals surface area contributed by atoms with Crippen molar-refractivity contribution in [3.63, 3.8) is 0 Å². The van der Waals surface area contributed by atoms with Gasteiger partial charge in [-0.15, -0.1) is 0 Å². The van der Waals surface area contributed by atoms with Gasteiger partial charge in [0.25, 0.3) is 0 Å². The number of nitrogen functional groups attached to an aromatic ring is 1. The number of H-pyrrole nitrogens is 1. The molecule has 1 aromatic rings. The summed E-state index contributed by atoms with van der Waals surface area (Å²) in [5, 5.41) is 6.13. The van der Waals surface area contributed by atoms with E-state index in [-0.39, 0.29) is 7.43 Å². The number of anilines is 1. The molecule has 0 amide bonds. The van der Waals surface area contributed by atoms with Crippen LogP contribution in [0.1, 0.15) is 7.43 Å². The highest BCUT2D eigenvalue weighted by atomic mass is 15.1. The zero-order valence-electron chi connectivity index (χ0n) is 3.18. The molecule has 0 aliphatic rings. The van der Waals surface area contributed by atoms with Crippen LogP contribution in [0.3, 0.4) is 0 Å². The predicted molar refractivity (Wildman–Crippen MR) is 29.7 cm³/mol. The van der Waals surface area contributed by atoms with Gasteiger partial charge in [-0.25, -0.2) is 0 Å². The van der Waals surface area contributed by atoms with Crippen LogP contribution in [0.15, 0.2) is 12.4 Å². The first-order chi connectivity index (χ1) is 2.89. The normalized spacial score (nSPS) is 7.43. The summed E-state index contributed by atoms with van der Waals surface area (Å²) in [7, 11) is 0. The Morgan fingerprint density at radius 1 is 1.71 bits per heavy atom. The zero-order valence-corrected chi connectivity index (χ0v) is 3.18. The number of nitrogens with one attached hydrogen (secondary N) is 1. The summed E-state index contributed by atoms with van der Waals surface area (Å²) in [6, 6.07) is 0. The van der Waals surface area contributed by atoms with Crippen molar-refractivity contribution in [1.82, 2.24) is 10.2 Å². The van der Waals surface area contributed by atoms with Crippen molar-refractivity contribution in [1.29, 1.82) is 0 Å². The van der Waals surface area contributed by atoms with Crippen LogP contribution in [0, 0.1) is 0 Å². The van der Waals surface area contributed by atoms with Crippen molar-refractivity contribution >= 4 is 5.69 Å². The average molecular weight is 99.1 g/mol. The molecule has 0 aliphatic carbocycles. The van der Waals surface area contributed by atoms with Gasteiger partial charge in [0.15, 0.2) is 0 Å². The summed E-state index contributed by atoms with van der Waals surface area (Å²) in [5.41, 5.74) is 5.86. The summed E-state index contributed by atoms with van der Waals surface area (Å²) in [6.07, 6.45) is 3.18. The predicted octanol–water partition coefficient (Wildman–Crippen LogP) is 0.628. The third-order valence-electron chi connectivity index (χ3n) is 0.519. The molecule has 7 heavy (non-hydrogen) atoms. The Labute approximate surface area is 42.5 Å². The smallest absolute Gasteiger partial charge is 0.0717 e. The lowest BCUT2D eigenvalue weighted by Crippen LogP contribution is -1.75. The largest absolute Gasteiger partial charge is 0.396 e. The van der Waals surface area contributed by atoms with E-state index in [4.69, 9.17) is 5.73 Å². The van der Waals surface area contributed by atoms with E-state index in [0.717, 1.165) is 0 Å². The molecule has 3 N–H and O–H groups in total. The van der Waals surface area contributed by atoms with Crippen LogP contribution in [-0.2, 0) is 0 Å². The Morgan fingerprint density at radius 2 is 2.43 bits per heavy atom. The van der Waals surface area contributed by atoms with Gasteiger partial charge >= 0.3 is 0 Å². The SMILES string of the molecule is C.Nc1cn[nH]c1. The zero-order chi connectivity index (χ0) is 4.41. The van der Waals surface area contributed by atoms with Gasteiger partial charge in [-0.2, -0.15) is 5.10 Å². The van der Waals surface area contributed by atoms with Crippen LogP contribution >= 0.6 is 0 Å². The molecule has 0 unspecified atom stereocenters. The summed E-state index contributed by atoms with van der Waals surface area (Å²) in [4.78, 5) is 0. The highest BCUT2D eigenvalue weighted by molar-refractivity contribution is 5.29. The van der Waals surface area contributed by atoms with Crippen LogP contribution < -0.4 is 5.73 Å². The second-order valence-corrected chi connectivity index (χ2v) is 1.03. The molecule has 0 radical (unpaired) electrons. The summed E-state index contributed by atoms with van der Waals surface area (Å²) in [6.45, 7) is 0. The molecule has 40 valence electrons. The fraction of sp³-hybridized carbons (Fsp3) is 0.250. The highest BCUT2D eigenvalue weighted by Crippen LogP contribution is 1.88. The molecule has 0 aromatic carbocycles. The molecule has 1 aromatic heterocycles. The first-order valence-corrected chi connectivity index (χ1v) is 1.64. The lowest BCUT2D eigenvalue weighted by atomic mass is 10.6. The molecule has 3 nitrogen and oxygen atoms in total. The number of aromatic amines is 1. The molecule has 0 saturated carbocycles. The van der Waals surface area contributed by atoms with Crippen LogP contribution in [0.25, 0.3) is 0 Å². The summed E-state index contributed by atoms with van der Waals surface area (Å²) < 4.78 is 0. The van der Waals surface area contributed by atoms with Crippen molar-refractivity contribution in [3.05, 3.63) is 12.4 Å². The molecule has 0 atom stereocenters. The van der Waals surface area contributed by atoms with E-state index >= 15 is 0 Å². The maximum absolute atomic E-state index is 5.18. The number of nitrogens with zero attached hydrogens (tertiary/aromatic N) is 1. The van der Waals surface area contributed by atoms with Crippen molar-refractivity contribution in [3.8, 4) is 0 Å². The maximum atomic E-state index is 5.18. The van der Waals surface area contributed by atoms with Crippen molar-refractivity contribution < 1.29 is 0 Å². The second kappa shape index (κ2) is 2.23. The number of hydrogen-bond donors (Lipinski definition) is 2. The van der Waals surface area contributed by atoms with Gasteiger partial charge in [-0.3, -0.25) is 5.10 Å². The molecule has 1 heterocycles. The third-order valence-corrected chi connectivity index (χ3v) is 0.519. The molecule has 1 rings (SSSR count). The summed E-state index contributed by atoms with van der Waals surface area (Å²) >= 11 is 0. The van der Waals surface area contributed by atoms with Gasteiger partial charge in [0.1, 0.15) is 0 Å². The molecule has 0 bridgehead atoms. The fourth-order valence-corrected chi connectivity index (χ4v) is 0.261. The Kier molecular flexibility index (Phi) is 1.91.